The zero-order valence-corrected chi connectivity index (χ0v) is 12.3. The molecule has 0 spiro atoms. The van der Waals surface area contributed by atoms with Crippen molar-refractivity contribution in [3.8, 4) is 0 Å². The van der Waals surface area contributed by atoms with Gasteiger partial charge in [-0.2, -0.15) is 5.10 Å². The quantitative estimate of drug-likeness (QED) is 0.896. The average Bonchev–Trinajstić information content (AvgIpc) is 2.94. The van der Waals surface area contributed by atoms with Gasteiger partial charge in [0.25, 0.3) is 0 Å². The fourth-order valence-electron chi connectivity index (χ4n) is 2.67. The molecule has 1 aliphatic rings. The second-order valence-corrected chi connectivity index (χ2v) is 5.35. The first-order valence-electron chi connectivity index (χ1n) is 7.20. The Morgan fingerprint density at radius 2 is 2.36 bits per heavy atom. The van der Waals surface area contributed by atoms with Crippen molar-refractivity contribution in [1.29, 1.82) is 0 Å². The molecule has 0 radical (unpaired) electrons. The monoisotopic (exact) mass is 302 g/mol. The van der Waals surface area contributed by atoms with Crippen LogP contribution in [0.1, 0.15) is 35.0 Å². The molecule has 2 aromatic rings. The third-order valence-electron chi connectivity index (χ3n) is 3.68. The van der Waals surface area contributed by atoms with E-state index in [-0.39, 0.29) is 17.8 Å². The molecule has 0 unspecified atom stereocenters. The smallest absolute Gasteiger partial charge is 0.354 e. The molecule has 2 atom stereocenters. The highest BCUT2D eigenvalue weighted by Gasteiger charge is 2.28. The summed E-state index contributed by atoms with van der Waals surface area (Å²) >= 11 is 0. The molecular weight excluding hydrogens is 284 g/mol. The van der Waals surface area contributed by atoms with E-state index in [9.17, 15) is 4.79 Å². The Balaban J connectivity index is 1.79. The number of rotatable bonds is 4. The standard InChI is InChI=1S/C15H18N4O3/c1-19-9-10(8-16-19)14-11(5-3-7-22-14)17-13-6-2-4-12(18-13)15(20)21/h2,4,6,8-9,11,14H,3,5,7H2,1H3,(H,17,18)(H,20,21)/t11-,14+/m0/s1. The SMILES string of the molecule is Cn1cc([C@H]2OCCC[C@@H]2Nc2cccc(C(=O)O)n2)cn1. The number of hydrogen-bond donors (Lipinski definition) is 2. The first-order valence-corrected chi connectivity index (χ1v) is 7.20. The molecule has 1 saturated heterocycles. The van der Waals surface area contributed by atoms with Crippen LogP contribution in [-0.2, 0) is 11.8 Å². The van der Waals surface area contributed by atoms with Crippen LogP contribution in [0.3, 0.4) is 0 Å². The van der Waals surface area contributed by atoms with Gasteiger partial charge in [0.15, 0.2) is 5.69 Å². The lowest BCUT2D eigenvalue weighted by molar-refractivity contribution is 0.00551. The van der Waals surface area contributed by atoms with Crippen molar-refractivity contribution in [2.24, 2.45) is 7.05 Å². The summed E-state index contributed by atoms with van der Waals surface area (Å²) in [5, 5.41) is 16.5. The van der Waals surface area contributed by atoms with E-state index in [1.54, 1.807) is 23.0 Å². The predicted molar refractivity (Wildman–Crippen MR) is 79.7 cm³/mol. The highest BCUT2D eigenvalue weighted by Crippen LogP contribution is 2.30. The number of hydrogen-bond acceptors (Lipinski definition) is 5. The molecule has 0 aromatic carbocycles. The average molecular weight is 302 g/mol. The fourth-order valence-corrected chi connectivity index (χ4v) is 2.67. The number of aromatic nitrogens is 3. The van der Waals surface area contributed by atoms with Crippen LogP contribution in [0.4, 0.5) is 5.82 Å². The molecule has 2 N–H and O–H groups in total. The van der Waals surface area contributed by atoms with E-state index < -0.39 is 5.97 Å². The molecule has 7 nitrogen and oxygen atoms in total. The van der Waals surface area contributed by atoms with Crippen LogP contribution in [0, 0.1) is 0 Å². The third-order valence-corrected chi connectivity index (χ3v) is 3.68. The zero-order valence-electron chi connectivity index (χ0n) is 12.3. The van der Waals surface area contributed by atoms with E-state index in [2.05, 4.69) is 15.4 Å². The number of carbonyl (C=O) groups is 1. The number of anilines is 1. The van der Waals surface area contributed by atoms with E-state index in [0.29, 0.717) is 12.4 Å². The van der Waals surface area contributed by atoms with Crippen LogP contribution in [0.2, 0.25) is 0 Å². The lowest BCUT2D eigenvalue weighted by Crippen LogP contribution is -2.34. The van der Waals surface area contributed by atoms with Gasteiger partial charge in [-0.15, -0.1) is 0 Å². The summed E-state index contributed by atoms with van der Waals surface area (Å²) in [6.45, 7) is 0.709. The normalized spacial score (nSPS) is 21.5. The van der Waals surface area contributed by atoms with Gasteiger partial charge in [0.05, 0.1) is 12.2 Å². The van der Waals surface area contributed by atoms with E-state index in [0.717, 1.165) is 18.4 Å². The first-order chi connectivity index (χ1) is 10.6. The Hall–Kier alpha value is -2.41. The maximum absolute atomic E-state index is 11.0. The molecule has 7 heteroatoms. The molecule has 2 aromatic heterocycles. The van der Waals surface area contributed by atoms with Gasteiger partial charge in [-0.1, -0.05) is 6.07 Å². The van der Waals surface area contributed by atoms with Crippen LogP contribution >= 0.6 is 0 Å². The fraction of sp³-hybridized carbons (Fsp3) is 0.400. The zero-order chi connectivity index (χ0) is 15.5. The number of carboxylic acids is 1. The lowest BCUT2D eigenvalue weighted by atomic mass is 9.98. The molecule has 3 rings (SSSR count). The van der Waals surface area contributed by atoms with Crippen LogP contribution in [0.15, 0.2) is 30.6 Å². The maximum Gasteiger partial charge on any atom is 0.354 e. The second kappa shape index (κ2) is 6.15. The molecule has 22 heavy (non-hydrogen) atoms. The second-order valence-electron chi connectivity index (χ2n) is 5.35. The van der Waals surface area contributed by atoms with E-state index >= 15 is 0 Å². The number of nitrogens with one attached hydrogen (secondary N) is 1. The first kappa shape index (κ1) is 14.5. The molecule has 1 fully saturated rings. The van der Waals surface area contributed by atoms with Crippen molar-refractivity contribution in [1.82, 2.24) is 14.8 Å². The minimum absolute atomic E-state index is 0.0275. The van der Waals surface area contributed by atoms with Crippen LogP contribution in [-0.4, -0.2) is 38.5 Å². The van der Waals surface area contributed by atoms with Crippen molar-refractivity contribution in [3.63, 3.8) is 0 Å². The van der Waals surface area contributed by atoms with Crippen LogP contribution in [0.25, 0.3) is 0 Å². The molecule has 0 aliphatic carbocycles. The van der Waals surface area contributed by atoms with Crippen molar-refractivity contribution in [2.75, 3.05) is 11.9 Å². The van der Waals surface area contributed by atoms with Crippen molar-refractivity contribution >= 4 is 11.8 Å². The number of pyridine rings is 1. The minimum atomic E-state index is -1.03. The summed E-state index contributed by atoms with van der Waals surface area (Å²) < 4.78 is 7.62. The molecule has 0 amide bonds. The molecule has 116 valence electrons. The van der Waals surface area contributed by atoms with E-state index in [1.807, 2.05) is 13.2 Å². The molecule has 3 heterocycles. The number of carboxylic acid groups (broad SMARTS) is 1. The van der Waals surface area contributed by atoms with E-state index in [1.165, 1.54) is 6.07 Å². The summed E-state index contributed by atoms with van der Waals surface area (Å²) in [7, 11) is 1.87. The molecule has 0 saturated carbocycles. The minimum Gasteiger partial charge on any atom is -0.477 e. The van der Waals surface area contributed by atoms with Gasteiger partial charge < -0.3 is 15.2 Å². The van der Waals surface area contributed by atoms with Gasteiger partial charge in [0.2, 0.25) is 0 Å². The maximum atomic E-state index is 11.0. The van der Waals surface area contributed by atoms with Gasteiger partial charge >= 0.3 is 5.97 Å². The van der Waals surface area contributed by atoms with Crippen molar-refractivity contribution in [3.05, 3.63) is 41.9 Å². The van der Waals surface area contributed by atoms with Crippen LogP contribution in [0.5, 0.6) is 0 Å². The van der Waals surface area contributed by atoms with E-state index in [4.69, 9.17) is 9.84 Å². The Morgan fingerprint density at radius 3 is 3.09 bits per heavy atom. The van der Waals surface area contributed by atoms with Gasteiger partial charge in [0, 0.05) is 25.4 Å². The highest BCUT2D eigenvalue weighted by molar-refractivity contribution is 5.85. The van der Waals surface area contributed by atoms with Gasteiger partial charge in [-0.3, -0.25) is 4.68 Å². The topological polar surface area (TPSA) is 89.3 Å². The Bertz CT molecular complexity index is 670. The van der Waals surface area contributed by atoms with Crippen LogP contribution < -0.4 is 5.32 Å². The predicted octanol–water partition coefficient (Wildman–Crippen LogP) is 1.85. The largest absolute Gasteiger partial charge is 0.477 e. The summed E-state index contributed by atoms with van der Waals surface area (Å²) in [6.07, 6.45) is 5.50. The summed E-state index contributed by atoms with van der Waals surface area (Å²) in [6, 6.07) is 4.96. The summed E-state index contributed by atoms with van der Waals surface area (Å²) in [5.74, 6) is -0.489. The van der Waals surface area contributed by atoms with Crippen molar-refractivity contribution < 1.29 is 14.6 Å². The Kier molecular flexibility index (Phi) is 4.06. The third kappa shape index (κ3) is 3.09. The summed E-state index contributed by atoms with van der Waals surface area (Å²) in [4.78, 5) is 15.1. The van der Waals surface area contributed by atoms with Gasteiger partial charge in [-0.25, -0.2) is 9.78 Å². The molecular formula is C15H18N4O3. The number of ether oxygens (including phenoxy) is 1. The molecule has 0 bridgehead atoms. The Labute approximate surface area is 127 Å². The van der Waals surface area contributed by atoms with Gasteiger partial charge in [0.1, 0.15) is 11.9 Å². The highest BCUT2D eigenvalue weighted by atomic mass is 16.5. The number of nitrogens with zero attached hydrogens (tertiary/aromatic N) is 3. The Morgan fingerprint density at radius 1 is 1.50 bits per heavy atom. The lowest BCUT2D eigenvalue weighted by Gasteiger charge is -2.32. The number of aryl methyl sites for hydroxylation is 1. The molecule has 1 aliphatic heterocycles. The summed E-state index contributed by atoms with van der Waals surface area (Å²) in [5.41, 5.74) is 1.04. The van der Waals surface area contributed by atoms with Crippen molar-refractivity contribution in [2.45, 2.75) is 25.0 Å². The van der Waals surface area contributed by atoms with Gasteiger partial charge in [-0.05, 0) is 25.0 Å². The number of aromatic carboxylic acids is 1.